The van der Waals surface area contributed by atoms with E-state index < -0.39 is 22.8 Å². The van der Waals surface area contributed by atoms with E-state index in [9.17, 15) is 19.7 Å². The first kappa shape index (κ1) is 15.6. The van der Waals surface area contributed by atoms with E-state index >= 15 is 0 Å². The molecule has 0 radical (unpaired) electrons. The number of carbonyl (C=O) groups is 2. The number of nitrogens with one attached hydrogen (secondary N) is 1. The molecule has 0 aliphatic heterocycles. The number of nitrogens with zero attached hydrogens (tertiary/aromatic N) is 1. The molecule has 0 heterocycles. The van der Waals surface area contributed by atoms with Crippen LogP contribution in [0, 0.1) is 10.1 Å². The number of amides is 1. The molecule has 108 valence electrons. The Kier molecular flexibility index (Phi) is 5.60. The summed E-state index contributed by atoms with van der Waals surface area (Å²) in [6.07, 6.45) is -0.144. The van der Waals surface area contributed by atoms with Crippen molar-refractivity contribution in [3.63, 3.8) is 0 Å². The van der Waals surface area contributed by atoms with Crippen LogP contribution in [0.1, 0.15) is 5.56 Å². The summed E-state index contributed by atoms with van der Waals surface area (Å²) in [7, 11) is 1.32. The first-order valence-electron chi connectivity index (χ1n) is 5.68. The zero-order valence-electron chi connectivity index (χ0n) is 10.7. The molecular formula is C12H14N2O6. The third kappa shape index (κ3) is 4.65. The number of ether oxygens (including phenoxy) is 1. The Hall–Kier alpha value is -2.48. The second-order valence-electron chi connectivity index (χ2n) is 4.02. The molecule has 0 fully saturated rings. The van der Waals surface area contributed by atoms with Crippen LogP contribution in [0.2, 0.25) is 0 Å². The zero-order chi connectivity index (χ0) is 15.1. The molecule has 1 amide bonds. The van der Waals surface area contributed by atoms with Crippen molar-refractivity contribution in [2.75, 3.05) is 13.7 Å². The van der Waals surface area contributed by atoms with Crippen LogP contribution in [0.5, 0.6) is 0 Å². The monoisotopic (exact) mass is 282 g/mol. The van der Waals surface area contributed by atoms with Crippen LogP contribution in [-0.2, 0) is 20.7 Å². The number of non-ortho nitro benzene ring substituents is 1. The number of carbonyl (C=O) groups excluding carboxylic acids is 1. The van der Waals surface area contributed by atoms with E-state index in [0.29, 0.717) is 5.56 Å². The summed E-state index contributed by atoms with van der Waals surface area (Å²) < 4.78 is 4.68. The van der Waals surface area contributed by atoms with Crippen molar-refractivity contribution in [3.05, 3.63) is 39.9 Å². The Balaban J connectivity index is 2.68. The Morgan fingerprint density at radius 3 is 2.75 bits per heavy atom. The van der Waals surface area contributed by atoms with Crippen molar-refractivity contribution in [2.24, 2.45) is 0 Å². The number of hydrogen-bond acceptors (Lipinski definition) is 5. The van der Waals surface area contributed by atoms with Crippen molar-refractivity contribution >= 4 is 17.6 Å². The van der Waals surface area contributed by atoms with E-state index in [1.165, 1.54) is 25.3 Å². The van der Waals surface area contributed by atoms with E-state index in [1.807, 2.05) is 0 Å². The van der Waals surface area contributed by atoms with E-state index in [4.69, 9.17) is 5.11 Å². The van der Waals surface area contributed by atoms with Gasteiger partial charge in [-0.05, 0) is 5.56 Å². The van der Waals surface area contributed by atoms with Gasteiger partial charge in [0.05, 0.1) is 18.0 Å². The van der Waals surface area contributed by atoms with E-state index in [0.717, 1.165) is 0 Å². The van der Waals surface area contributed by atoms with Crippen molar-refractivity contribution in [2.45, 2.75) is 12.5 Å². The summed E-state index contributed by atoms with van der Waals surface area (Å²) in [5.41, 5.74) is 0.306. The molecule has 1 atom stereocenters. The lowest BCUT2D eigenvalue weighted by molar-refractivity contribution is -0.384. The highest BCUT2D eigenvalue weighted by molar-refractivity contribution is 5.85. The molecule has 0 aliphatic rings. The third-order valence-electron chi connectivity index (χ3n) is 2.45. The van der Waals surface area contributed by atoms with E-state index in [-0.39, 0.29) is 18.7 Å². The standard InChI is InChI=1S/C12H14N2O6/c1-20-7-10(12(16)17)13-11(15)6-8-3-2-4-9(5-8)14(18)19/h2-5,10H,6-7H2,1H3,(H,13,15)(H,16,17). The van der Waals surface area contributed by atoms with Gasteiger partial charge in [0.15, 0.2) is 6.04 Å². The fourth-order valence-corrected chi connectivity index (χ4v) is 1.55. The summed E-state index contributed by atoms with van der Waals surface area (Å²) in [4.78, 5) is 32.6. The SMILES string of the molecule is COCC(NC(=O)Cc1cccc([N+](=O)[O-])c1)C(=O)O. The lowest BCUT2D eigenvalue weighted by atomic mass is 10.1. The molecule has 0 aliphatic carbocycles. The van der Waals surface area contributed by atoms with Gasteiger partial charge in [0.1, 0.15) is 0 Å². The van der Waals surface area contributed by atoms with Gasteiger partial charge >= 0.3 is 5.97 Å². The van der Waals surface area contributed by atoms with Gasteiger partial charge in [0.2, 0.25) is 5.91 Å². The molecule has 0 spiro atoms. The first-order valence-corrected chi connectivity index (χ1v) is 5.68. The summed E-state index contributed by atoms with van der Waals surface area (Å²) in [5.74, 6) is -1.76. The fourth-order valence-electron chi connectivity index (χ4n) is 1.55. The molecule has 2 N–H and O–H groups in total. The number of benzene rings is 1. The number of rotatable bonds is 7. The highest BCUT2D eigenvalue weighted by atomic mass is 16.6. The molecule has 0 aromatic heterocycles. The minimum absolute atomic E-state index is 0.123. The van der Waals surface area contributed by atoms with Gasteiger partial charge in [0, 0.05) is 19.2 Å². The van der Waals surface area contributed by atoms with Gasteiger partial charge in [-0.25, -0.2) is 4.79 Å². The minimum Gasteiger partial charge on any atom is -0.480 e. The molecule has 0 saturated carbocycles. The van der Waals surface area contributed by atoms with Gasteiger partial charge in [-0.15, -0.1) is 0 Å². The maximum absolute atomic E-state index is 11.7. The average molecular weight is 282 g/mol. The second kappa shape index (κ2) is 7.19. The lowest BCUT2D eigenvalue weighted by Crippen LogP contribution is -2.44. The Morgan fingerprint density at radius 2 is 2.20 bits per heavy atom. The van der Waals surface area contributed by atoms with Crippen LogP contribution in [0.15, 0.2) is 24.3 Å². The number of carboxylic acid groups (broad SMARTS) is 1. The van der Waals surface area contributed by atoms with Crippen molar-refractivity contribution in [1.29, 1.82) is 0 Å². The smallest absolute Gasteiger partial charge is 0.328 e. The molecule has 8 nitrogen and oxygen atoms in total. The van der Waals surface area contributed by atoms with E-state index in [1.54, 1.807) is 6.07 Å². The molecule has 1 unspecified atom stereocenters. The summed E-state index contributed by atoms with van der Waals surface area (Å²) in [6.45, 7) is -0.157. The maximum atomic E-state index is 11.7. The van der Waals surface area contributed by atoms with Crippen LogP contribution >= 0.6 is 0 Å². The Morgan fingerprint density at radius 1 is 1.50 bits per heavy atom. The topological polar surface area (TPSA) is 119 Å². The molecule has 1 rings (SSSR count). The molecule has 8 heteroatoms. The number of carboxylic acids is 1. The predicted molar refractivity (Wildman–Crippen MR) is 68.2 cm³/mol. The van der Waals surface area contributed by atoms with Crippen molar-refractivity contribution in [3.8, 4) is 0 Å². The first-order chi connectivity index (χ1) is 9.43. The second-order valence-corrected chi connectivity index (χ2v) is 4.02. The van der Waals surface area contributed by atoms with E-state index in [2.05, 4.69) is 10.1 Å². The zero-order valence-corrected chi connectivity index (χ0v) is 10.7. The molecule has 0 bridgehead atoms. The van der Waals surface area contributed by atoms with Crippen LogP contribution in [0.25, 0.3) is 0 Å². The Bertz CT molecular complexity index is 516. The van der Waals surface area contributed by atoms with Crippen molar-refractivity contribution < 1.29 is 24.4 Å². The summed E-state index contributed by atoms with van der Waals surface area (Å²) >= 11 is 0. The molecule has 1 aromatic carbocycles. The summed E-state index contributed by atoms with van der Waals surface area (Å²) in [5, 5.41) is 21.7. The lowest BCUT2D eigenvalue weighted by Gasteiger charge is -2.13. The molecule has 20 heavy (non-hydrogen) atoms. The largest absolute Gasteiger partial charge is 0.480 e. The van der Waals surface area contributed by atoms with Gasteiger partial charge in [0.25, 0.3) is 5.69 Å². The van der Waals surface area contributed by atoms with Crippen LogP contribution < -0.4 is 5.32 Å². The number of methoxy groups -OCH3 is 1. The molecule has 0 saturated heterocycles. The van der Waals surface area contributed by atoms with Gasteiger partial charge in [-0.3, -0.25) is 14.9 Å². The highest BCUT2D eigenvalue weighted by Crippen LogP contribution is 2.13. The van der Waals surface area contributed by atoms with Gasteiger partial charge < -0.3 is 15.2 Å². The normalized spacial score (nSPS) is 11.7. The van der Waals surface area contributed by atoms with Crippen LogP contribution in [0.4, 0.5) is 5.69 Å². The van der Waals surface area contributed by atoms with Gasteiger partial charge in [-0.1, -0.05) is 12.1 Å². The van der Waals surface area contributed by atoms with Crippen molar-refractivity contribution in [1.82, 2.24) is 5.32 Å². The summed E-state index contributed by atoms with van der Waals surface area (Å²) in [6, 6.07) is 4.45. The molecule has 1 aromatic rings. The van der Waals surface area contributed by atoms with Crippen LogP contribution in [0.3, 0.4) is 0 Å². The van der Waals surface area contributed by atoms with Crippen LogP contribution in [-0.4, -0.2) is 41.7 Å². The number of nitro benzene ring substituents is 1. The maximum Gasteiger partial charge on any atom is 0.328 e. The Labute approximate surface area is 114 Å². The number of nitro groups is 1. The quantitative estimate of drug-likeness (QED) is 0.550. The predicted octanol–water partition coefficient (Wildman–Crippen LogP) is 0.353. The minimum atomic E-state index is -1.21. The number of hydrogen-bond donors (Lipinski definition) is 2. The highest BCUT2D eigenvalue weighted by Gasteiger charge is 2.20. The fraction of sp³-hybridized carbons (Fsp3) is 0.333. The average Bonchev–Trinajstić information content (AvgIpc) is 2.38. The van der Waals surface area contributed by atoms with Gasteiger partial charge in [-0.2, -0.15) is 0 Å². The third-order valence-corrected chi connectivity index (χ3v) is 2.45. The number of aliphatic carboxylic acids is 1. The molecular weight excluding hydrogens is 268 g/mol.